The number of benzene rings is 2. The molecular weight excluding hydrogens is 394 g/mol. The number of hydrogen-bond acceptors (Lipinski definition) is 5. The molecule has 0 aliphatic rings. The van der Waals surface area contributed by atoms with Crippen LogP contribution in [0.2, 0.25) is 0 Å². The summed E-state index contributed by atoms with van der Waals surface area (Å²) in [6.45, 7) is 6.15. The van der Waals surface area contributed by atoms with Gasteiger partial charge in [-0.1, -0.05) is 73.6 Å². The lowest BCUT2D eigenvalue weighted by Crippen LogP contribution is -2.13. The number of thiazole rings is 1. The quantitative estimate of drug-likeness (QED) is 0.387. The number of aryl methyl sites for hydroxylation is 1. The van der Waals surface area contributed by atoms with E-state index in [1.165, 1.54) is 16.9 Å². The molecule has 1 amide bonds. The number of nitrogens with one attached hydrogen (secondary N) is 1. The molecule has 5 nitrogen and oxygen atoms in total. The van der Waals surface area contributed by atoms with E-state index in [4.69, 9.17) is 4.52 Å². The maximum Gasteiger partial charge on any atom is 0.263 e. The molecule has 4 rings (SSSR count). The minimum Gasteiger partial charge on any atom is -0.360 e. The van der Waals surface area contributed by atoms with Gasteiger partial charge in [0.1, 0.15) is 17.0 Å². The minimum atomic E-state index is -0.277. The van der Waals surface area contributed by atoms with E-state index in [0.717, 1.165) is 23.2 Å². The number of anilines is 1. The molecule has 2 aromatic heterocycles. The highest BCUT2D eigenvalue weighted by atomic mass is 32.1. The molecule has 0 saturated carbocycles. The molecule has 1 unspecified atom stereocenters. The fraction of sp³-hybridized carbons (Fsp3) is 0.208. The SMILES string of the molecule is CCC(C)c1ccc(-c2csc(NC(=O)c3c(-c4ccccc4)noc3C)n2)cc1. The zero-order chi connectivity index (χ0) is 21.1. The summed E-state index contributed by atoms with van der Waals surface area (Å²) in [6.07, 6.45) is 1.11. The van der Waals surface area contributed by atoms with Gasteiger partial charge in [-0.15, -0.1) is 11.3 Å². The Kier molecular flexibility index (Phi) is 5.77. The van der Waals surface area contributed by atoms with E-state index < -0.39 is 0 Å². The van der Waals surface area contributed by atoms with Crippen LogP contribution in [0.25, 0.3) is 22.5 Å². The largest absolute Gasteiger partial charge is 0.360 e. The van der Waals surface area contributed by atoms with Crippen LogP contribution in [0.4, 0.5) is 5.13 Å². The average Bonchev–Trinajstić information content (AvgIpc) is 3.40. The second-order valence-corrected chi connectivity index (χ2v) is 8.11. The molecule has 0 fully saturated rings. The lowest BCUT2D eigenvalue weighted by atomic mass is 9.97. The van der Waals surface area contributed by atoms with E-state index in [0.29, 0.717) is 28.1 Å². The Hall–Kier alpha value is -3.25. The van der Waals surface area contributed by atoms with Crippen LogP contribution in [0.1, 0.15) is 47.9 Å². The van der Waals surface area contributed by atoms with E-state index in [2.05, 4.69) is 53.6 Å². The van der Waals surface area contributed by atoms with Gasteiger partial charge in [-0.3, -0.25) is 10.1 Å². The van der Waals surface area contributed by atoms with Crippen LogP contribution >= 0.6 is 11.3 Å². The van der Waals surface area contributed by atoms with E-state index >= 15 is 0 Å². The van der Waals surface area contributed by atoms with Gasteiger partial charge in [0.25, 0.3) is 5.91 Å². The molecule has 0 aliphatic heterocycles. The van der Waals surface area contributed by atoms with Crippen LogP contribution in [-0.4, -0.2) is 16.0 Å². The third kappa shape index (κ3) is 4.04. The molecule has 0 bridgehead atoms. The molecule has 6 heteroatoms. The van der Waals surface area contributed by atoms with Crippen LogP contribution in [0.5, 0.6) is 0 Å². The van der Waals surface area contributed by atoms with Crippen molar-refractivity contribution in [3.8, 4) is 22.5 Å². The molecule has 4 aromatic rings. The van der Waals surface area contributed by atoms with Crippen molar-refractivity contribution >= 4 is 22.4 Å². The third-order valence-corrected chi connectivity index (χ3v) is 6.01. The van der Waals surface area contributed by atoms with Crippen molar-refractivity contribution in [2.24, 2.45) is 0 Å². The average molecular weight is 418 g/mol. The summed E-state index contributed by atoms with van der Waals surface area (Å²) >= 11 is 1.40. The first-order chi connectivity index (χ1) is 14.6. The van der Waals surface area contributed by atoms with Crippen molar-refractivity contribution in [3.63, 3.8) is 0 Å². The number of carbonyl (C=O) groups excluding carboxylic acids is 1. The first kappa shape index (κ1) is 20.0. The predicted molar refractivity (Wildman–Crippen MR) is 121 cm³/mol. The number of amides is 1. The number of rotatable bonds is 6. The van der Waals surface area contributed by atoms with Gasteiger partial charge in [0.05, 0.1) is 5.69 Å². The lowest BCUT2D eigenvalue weighted by molar-refractivity contribution is 0.102. The lowest BCUT2D eigenvalue weighted by Gasteiger charge is -2.08. The third-order valence-electron chi connectivity index (χ3n) is 5.25. The van der Waals surface area contributed by atoms with Crippen LogP contribution in [0.3, 0.4) is 0 Å². The van der Waals surface area contributed by atoms with Crippen LogP contribution in [0, 0.1) is 6.92 Å². The molecule has 1 atom stereocenters. The van der Waals surface area contributed by atoms with E-state index in [-0.39, 0.29) is 5.91 Å². The molecule has 0 aliphatic carbocycles. The number of aromatic nitrogens is 2. The summed E-state index contributed by atoms with van der Waals surface area (Å²) in [5.41, 5.74) is 4.99. The smallest absolute Gasteiger partial charge is 0.263 e. The van der Waals surface area contributed by atoms with Gasteiger partial charge < -0.3 is 4.52 Å². The maximum absolute atomic E-state index is 12.9. The Balaban J connectivity index is 1.54. The molecule has 152 valence electrons. The van der Waals surface area contributed by atoms with Gasteiger partial charge in [-0.25, -0.2) is 4.98 Å². The Labute approximate surface area is 179 Å². The van der Waals surface area contributed by atoms with Gasteiger partial charge in [0, 0.05) is 16.5 Å². The zero-order valence-corrected chi connectivity index (χ0v) is 18.0. The summed E-state index contributed by atoms with van der Waals surface area (Å²) in [5, 5.41) is 9.46. The summed E-state index contributed by atoms with van der Waals surface area (Å²) in [5.74, 6) is 0.735. The molecule has 2 heterocycles. The Bertz CT molecular complexity index is 1150. The Morgan fingerprint density at radius 1 is 1.10 bits per heavy atom. The molecular formula is C24H23N3O2S. The molecule has 30 heavy (non-hydrogen) atoms. The van der Waals surface area contributed by atoms with Gasteiger partial charge in [0.2, 0.25) is 0 Å². The zero-order valence-electron chi connectivity index (χ0n) is 17.2. The first-order valence-electron chi connectivity index (χ1n) is 9.95. The standard InChI is InChI=1S/C24H23N3O2S/c1-4-15(2)17-10-12-18(13-11-17)20-14-30-24(25-20)26-23(28)21-16(3)29-27-22(21)19-8-6-5-7-9-19/h5-15H,4H2,1-3H3,(H,25,26,28). The summed E-state index contributed by atoms with van der Waals surface area (Å²) < 4.78 is 5.30. The molecule has 0 saturated heterocycles. The summed E-state index contributed by atoms with van der Waals surface area (Å²) in [4.78, 5) is 17.5. The normalized spacial score (nSPS) is 12.0. The second-order valence-electron chi connectivity index (χ2n) is 7.25. The maximum atomic E-state index is 12.9. The number of nitrogens with zero attached hydrogens (tertiary/aromatic N) is 2. The van der Waals surface area contributed by atoms with E-state index in [1.807, 2.05) is 35.7 Å². The Morgan fingerprint density at radius 3 is 2.53 bits per heavy atom. The van der Waals surface area contributed by atoms with Gasteiger partial charge in [0.15, 0.2) is 5.13 Å². The monoisotopic (exact) mass is 417 g/mol. The van der Waals surface area contributed by atoms with Crippen molar-refractivity contribution in [1.82, 2.24) is 10.1 Å². The summed E-state index contributed by atoms with van der Waals surface area (Å²) in [6, 6.07) is 18.0. The fourth-order valence-corrected chi connectivity index (χ4v) is 3.99. The van der Waals surface area contributed by atoms with Crippen molar-refractivity contribution in [2.75, 3.05) is 5.32 Å². The highest BCUT2D eigenvalue weighted by molar-refractivity contribution is 7.14. The van der Waals surface area contributed by atoms with E-state index in [9.17, 15) is 4.79 Å². The molecule has 0 spiro atoms. The minimum absolute atomic E-state index is 0.277. The highest BCUT2D eigenvalue weighted by Crippen LogP contribution is 2.29. The summed E-state index contributed by atoms with van der Waals surface area (Å²) in [7, 11) is 0. The van der Waals surface area contributed by atoms with Crippen molar-refractivity contribution in [2.45, 2.75) is 33.1 Å². The van der Waals surface area contributed by atoms with E-state index in [1.54, 1.807) is 6.92 Å². The van der Waals surface area contributed by atoms with Crippen molar-refractivity contribution in [1.29, 1.82) is 0 Å². The van der Waals surface area contributed by atoms with Gasteiger partial charge in [-0.05, 0) is 24.8 Å². The van der Waals surface area contributed by atoms with Crippen LogP contribution < -0.4 is 5.32 Å². The number of hydrogen-bond donors (Lipinski definition) is 1. The van der Waals surface area contributed by atoms with Gasteiger partial charge >= 0.3 is 0 Å². The van der Waals surface area contributed by atoms with Crippen LogP contribution in [0.15, 0.2) is 64.5 Å². The Morgan fingerprint density at radius 2 is 1.83 bits per heavy atom. The molecule has 2 aromatic carbocycles. The number of carbonyl (C=O) groups is 1. The van der Waals surface area contributed by atoms with Crippen molar-refractivity contribution < 1.29 is 9.32 Å². The topological polar surface area (TPSA) is 68.0 Å². The predicted octanol–water partition coefficient (Wildman–Crippen LogP) is 6.54. The highest BCUT2D eigenvalue weighted by Gasteiger charge is 2.22. The fourth-order valence-electron chi connectivity index (χ4n) is 3.27. The molecule has 1 N–H and O–H groups in total. The van der Waals surface area contributed by atoms with Crippen LogP contribution in [-0.2, 0) is 0 Å². The molecule has 0 radical (unpaired) electrons. The van der Waals surface area contributed by atoms with Gasteiger partial charge in [-0.2, -0.15) is 0 Å². The van der Waals surface area contributed by atoms with Crippen molar-refractivity contribution in [3.05, 3.63) is 76.9 Å². The first-order valence-corrected chi connectivity index (χ1v) is 10.8. The second kappa shape index (κ2) is 8.63.